The third kappa shape index (κ3) is 3.94. The van der Waals surface area contributed by atoms with Gasteiger partial charge in [-0.2, -0.15) is 13.5 Å². The summed E-state index contributed by atoms with van der Waals surface area (Å²) < 4.78 is 42.0. The molecule has 1 saturated heterocycles. The van der Waals surface area contributed by atoms with Crippen LogP contribution in [0, 0.1) is 11.7 Å². The number of aromatic nitrogens is 1. The smallest absolute Gasteiger partial charge is 0.341 e. The van der Waals surface area contributed by atoms with E-state index in [0.717, 1.165) is 23.5 Å². The van der Waals surface area contributed by atoms with Crippen LogP contribution < -0.4 is 19.8 Å². The summed E-state index contributed by atoms with van der Waals surface area (Å²) in [4.78, 5) is 32.1. The molecule has 0 amide bonds. The van der Waals surface area contributed by atoms with Crippen molar-refractivity contribution in [3.8, 4) is 11.5 Å². The zero-order valence-electron chi connectivity index (χ0n) is 20.5. The first kappa shape index (κ1) is 25.8. The molecule has 12 heteroatoms. The molecule has 1 N–H and O–H groups in total. The maximum absolute atomic E-state index is 15.7. The summed E-state index contributed by atoms with van der Waals surface area (Å²) in [7, 11) is 2.93. The van der Waals surface area contributed by atoms with E-state index in [0.29, 0.717) is 18.8 Å². The van der Waals surface area contributed by atoms with Crippen molar-refractivity contribution >= 4 is 41.8 Å². The Bertz CT molecular complexity index is 1530. The predicted molar refractivity (Wildman–Crippen MR) is 141 cm³/mol. The summed E-state index contributed by atoms with van der Waals surface area (Å²) in [6.07, 6.45) is -0.242. The summed E-state index contributed by atoms with van der Waals surface area (Å²) in [5, 5.41) is 13.6. The lowest BCUT2D eigenvalue weighted by atomic mass is 9.95. The summed E-state index contributed by atoms with van der Waals surface area (Å²) >= 11 is 0. The van der Waals surface area contributed by atoms with Crippen LogP contribution >= 0.6 is 13.5 Å². The lowest BCUT2D eigenvalue weighted by Crippen LogP contribution is -2.26. The third-order valence-electron chi connectivity index (χ3n) is 7.28. The van der Waals surface area contributed by atoms with Gasteiger partial charge in [-0.3, -0.25) is 4.79 Å². The van der Waals surface area contributed by atoms with Gasteiger partial charge in [0.25, 0.3) is 0 Å². The molecular formula is C26H25F2N3O6S. The number of halogens is 2. The van der Waals surface area contributed by atoms with Gasteiger partial charge in [-0.1, -0.05) is 5.16 Å². The number of rotatable bonds is 6. The lowest BCUT2D eigenvalue weighted by molar-refractivity contribution is 0.0694. The molecular weight excluding hydrogens is 520 g/mol. The summed E-state index contributed by atoms with van der Waals surface area (Å²) in [5.41, 5.74) is 0.463. The number of aromatic carboxylic acids is 1. The van der Waals surface area contributed by atoms with E-state index < -0.39 is 35.0 Å². The number of methoxy groups -OCH3 is 2. The Kier molecular flexibility index (Phi) is 6.46. The second-order valence-corrected chi connectivity index (χ2v) is 9.40. The van der Waals surface area contributed by atoms with E-state index in [1.165, 1.54) is 11.7 Å². The molecule has 1 aliphatic carbocycles. The Balaban J connectivity index is 0.00000294. The van der Waals surface area contributed by atoms with Crippen LogP contribution in [0.1, 0.15) is 28.4 Å². The highest BCUT2D eigenvalue weighted by molar-refractivity contribution is 7.59. The molecule has 3 aromatic rings. The van der Waals surface area contributed by atoms with Crippen LogP contribution in [-0.4, -0.2) is 60.9 Å². The number of alkyl halides is 1. The minimum atomic E-state index is -1.46. The average Bonchev–Trinajstić information content (AvgIpc) is 3.28. The number of benzene rings is 2. The molecule has 3 heterocycles. The number of ether oxygens (including phenoxy) is 2. The topological polar surface area (TPSA) is 103 Å². The van der Waals surface area contributed by atoms with Crippen LogP contribution in [0.5, 0.6) is 11.5 Å². The Labute approximate surface area is 222 Å². The van der Waals surface area contributed by atoms with Crippen molar-refractivity contribution in [3.05, 3.63) is 63.7 Å². The molecule has 3 aliphatic rings. The number of carbonyl (C=O) groups is 1. The van der Waals surface area contributed by atoms with Gasteiger partial charge in [0.15, 0.2) is 17.7 Å². The van der Waals surface area contributed by atoms with Crippen molar-refractivity contribution in [1.29, 1.82) is 0 Å². The van der Waals surface area contributed by atoms with Gasteiger partial charge in [0.2, 0.25) is 5.43 Å². The number of oxime groups is 1. The van der Waals surface area contributed by atoms with Crippen LogP contribution in [0.25, 0.3) is 10.9 Å². The molecule has 6 rings (SSSR count). The minimum Gasteiger partial charge on any atom is -0.497 e. The Morgan fingerprint density at radius 2 is 1.89 bits per heavy atom. The highest BCUT2D eigenvalue weighted by Gasteiger charge is 2.45. The van der Waals surface area contributed by atoms with Gasteiger partial charge in [0.05, 0.1) is 49.3 Å². The highest BCUT2D eigenvalue weighted by atomic mass is 32.1. The van der Waals surface area contributed by atoms with Crippen molar-refractivity contribution in [1.82, 2.24) is 4.57 Å². The Hall–Kier alpha value is -3.80. The fourth-order valence-electron chi connectivity index (χ4n) is 5.33. The second-order valence-electron chi connectivity index (χ2n) is 9.40. The fourth-order valence-corrected chi connectivity index (χ4v) is 5.33. The van der Waals surface area contributed by atoms with Gasteiger partial charge in [-0.05, 0) is 30.3 Å². The van der Waals surface area contributed by atoms with Gasteiger partial charge in [0, 0.05) is 24.7 Å². The number of anilines is 1. The summed E-state index contributed by atoms with van der Waals surface area (Å²) in [5.74, 6) is -1.60. The highest BCUT2D eigenvalue weighted by Crippen LogP contribution is 2.46. The molecule has 0 spiro atoms. The molecule has 0 radical (unpaired) electrons. The fraction of sp³-hybridized carbons (Fsp3) is 0.346. The molecule has 1 aromatic heterocycles. The maximum Gasteiger partial charge on any atom is 0.341 e. The lowest BCUT2D eigenvalue weighted by Gasteiger charge is -2.25. The number of hydrogen-bond donors (Lipinski definition) is 1. The molecule has 2 fully saturated rings. The maximum atomic E-state index is 15.7. The van der Waals surface area contributed by atoms with Crippen LogP contribution in [0.4, 0.5) is 14.5 Å². The predicted octanol–water partition coefficient (Wildman–Crippen LogP) is 3.49. The van der Waals surface area contributed by atoms with Crippen LogP contribution in [0.15, 0.2) is 46.5 Å². The Morgan fingerprint density at radius 3 is 2.50 bits per heavy atom. The van der Waals surface area contributed by atoms with Crippen molar-refractivity contribution in [2.45, 2.75) is 24.7 Å². The number of pyridine rings is 1. The normalized spacial score (nSPS) is 23.4. The SMILES string of the molecule is COc1ccc(C2=NOC3CN(c4c(F)cc5c(=O)c(C(=O)O)cn([C@@H]6C[C@@H]6F)c5c4OC)CC23)cc1.S. The first-order chi connectivity index (χ1) is 17.8. The van der Waals surface area contributed by atoms with Crippen LogP contribution in [0.3, 0.4) is 0 Å². The number of hydrogen-bond acceptors (Lipinski definition) is 7. The van der Waals surface area contributed by atoms with Gasteiger partial charge in [-0.25, -0.2) is 13.6 Å². The van der Waals surface area contributed by atoms with Gasteiger partial charge >= 0.3 is 5.97 Å². The van der Waals surface area contributed by atoms with Gasteiger partial charge < -0.3 is 28.9 Å². The molecule has 200 valence electrons. The molecule has 0 bridgehead atoms. The van der Waals surface area contributed by atoms with Gasteiger partial charge in [0.1, 0.15) is 23.2 Å². The molecule has 38 heavy (non-hydrogen) atoms. The molecule has 1 saturated carbocycles. The summed E-state index contributed by atoms with van der Waals surface area (Å²) in [6, 6.07) is 7.76. The van der Waals surface area contributed by atoms with Crippen LogP contribution in [0.2, 0.25) is 0 Å². The molecule has 2 unspecified atom stereocenters. The number of carboxylic acid groups (broad SMARTS) is 1. The first-order valence-corrected chi connectivity index (χ1v) is 11.8. The number of fused-ring (bicyclic) bond motifs is 2. The quantitative estimate of drug-likeness (QED) is 0.506. The molecule has 4 atom stereocenters. The average molecular weight is 546 g/mol. The largest absolute Gasteiger partial charge is 0.497 e. The van der Waals surface area contributed by atoms with Crippen molar-refractivity contribution in [2.24, 2.45) is 11.1 Å². The molecule has 2 aliphatic heterocycles. The standard InChI is InChI=1S/C26H23F2N3O6.H2S/c1-35-13-5-3-12(4-6-13)21-15-9-30(11-20(15)37-29-21)23-18(28)7-14-22(25(23)36-2)31(19-8-17(19)27)10-16(24(14)32)26(33)34;/h3-7,10,15,17,19-20H,8-9,11H2,1-2H3,(H,33,34);1H2/t15?,17-,19+,20?;/m0./s1. The minimum absolute atomic E-state index is 0. The number of carboxylic acids is 1. The van der Waals surface area contributed by atoms with E-state index in [1.54, 1.807) is 12.0 Å². The van der Waals surface area contributed by atoms with Crippen molar-refractivity contribution in [3.63, 3.8) is 0 Å². The monoisotopic (exact) mass is 545 g/mol. The van der Waals surface area contributed by atoms with E-state index in [2.05, 4.69) is 5.16 Å². The molecule has 2 aromatic carbocycles. The van der Waals surface area contributed by atoms with E-state index in [9.17, 15) is 19.1 Å². The summed E-state index contributed by atoms with van der Waals surface area (Å²) in [6.45, 7) is 0.667. The van der Waals surface area contributed by atoms with Crippen molar-refractivity contribution < 1.29 is 33.0 Å². The third-order valence-corrected chi connectivity index (χ3v) is 7.28. The zero-order chi connectivity index (χ0) is 26.0. The van der Waals surface area contributed by atoms with E-state index in [1.807, 2.05) is 24.3 Å². The van der Waals surface area contributed by atoms with E-state index in [-0.39, 0.29) is 54.3 Å². The first-order valence-electron chi connectivity index (χ1n) is 11.8. The van der Waals surface area contributed by atoms with E-state index >= 15 is 4.39 Å². The number of nitrogens with zero attached hydrogens (tertiary/aromatic N) is 3. The zero-order valence-corrected chi connectivity index (χ0v) is 21.5. The second kappa shape index (κ2) is 9.50. The molecule has 9 nitrogen and oxygen atoms in total. The van der Waals surface area contributed by atoms with Crippen molar-refractivity contribution in [2.75, 3.05) is 32.2 Å². The van der Waals surface area contributed by atoms with E-state index in [4.69, 9.17) is 14.3 Å². The Morgan fingerprint density at radius 1 is 1.18 bits per heavy atom. The van der Waals surface area contributed by atoms with Crippen LogP contribution in [-0.2, 0) is 4.84 Å². The van der Waals surface area contributed by atoms with Gasteiger partial charge in [-0.15, -0.1) is 0 Å².